The van der Waals surface area contributed by atoms with Crippen LogP contribution in [0.3, 0.4) is 0 Å². The highest BCUT2D eigenvalue weighted by molar-refractivity contribution is 7.88. The molecule has 2 aliphatic heterocycles. The molecule has 1 aliphatic carbocycles. The number of anilines is 1. The van der Waals surface area contributed by atoms with E-state index in [1.807, 2.05) is 12.3 Å². The third kappa shape index (κ3) is 4.16. The topological polar surface area (TPSA) is 88.5 Å². The van der Waals surface area contributed by atoms with Crippen molar-refractivity contribution in [2.24, 2.45) is 0 Å². The molecule has 2 fully saturated rings. The normalized spacial score (nSPS) is 22.3. The summed E-state index contributed by atoms with van der Waals surface area (Å²) >= 11 is 0. The van der Waals surface area contributed by atoms with Crippen LogP contribution in [-0.4, -0.2) is 72.8 Å². The van der Waals surface area contributed by atoms with E-state index in [2.05, 4.69) is 35.0 Å². The maximum atomic E-state index is 11.9. The minimum atomic E-state index is -3.16. The predicted octanol–water partition coefficient (Wildman–Crippen LogP) is 2.47. The highest BCUT2D eigenvalue weighted by Gasteiger charge is 2.29. The fourth-order valence-electron chi connectivity index (χ4n) is 4.83. The quantitative estimate of drug-likeness (QED) is 0.700. The second-order valence-corrected chi connectivity index (χ2v) is 10.8. The minimum Gasteiger partial charge on any atom is -0.377 e. The van der Waals surface area contributed by atoms with Crippen molar-refractivity contribution in [1.29, 1.82) is 0 Å². The highest BCUT2D eigenvalue weighted by atomic mass is 32.2. The van der Waals surface area contributed by atoms with E-state index in [1.54, 1.807) is 4.31 Å². The van der Waals surface area contributed by atoms with Crippen molar-refractivity contribution in [2.75, 3.05) is 44.0 Å². The lowest BCUT2D eigenvalue weighted by atomic mass is 9.94. The van der Waals surface area contributed by atoms with Gasteiger partial charge in [0.15, 0.2) is 5.82 Å². The smallest absolute Gasteiger partial charge is 0.211 e. The number of allylic oxidation sites excluding steroid dienone is 1. The van der Waals surface area contributed by atoms with Crippen molar-refractivity contribution < 1.29 is 13.2 Å². The van der Waals surface area contributed by atoms with Gasteiger partial charge in [-0.2, -0.15) is 0 Å². The van der Waals surface area contributed by atoms with Gasteiger partial charge in [0.25, 0.3) is 0 Å². The fraction of sp³-hybridized carbons (Fsp3) is 0.522. The molecule has 2 aromatic heterocycles. The molecule has 0 radical (unpaired) electrons. The molecular weight excluding hydrogens is 426 g/mol. The summed E-state index contributed by atoms with van der Waals surface area (Å²) in [6, 6.07) is 4.32. The molecule has 0 spiro atoms. The van der Waals surface area contributed by atoms with Gasteiger partial charge >= 0.3 is 0 Å². The molecule has 0 saturated carbocycles. The van der Waals surface area contributed by atoms with E-state index >= 15 is 0 Å². The van der Waals surface area contributed by atoms with E-state index < -0.39 is 10.0 Å². The van der Waals surface area contributed by atoms with E-state index in [1.165, 1.54) is 6.26 Å². The van der Waals surface area contributed by atoms with Crippen LogP contribution in [-0.2, 0) is 21.2 Å². The number of hydrogen-bond donors (Lipinski definition) is 0. The van der Waals surface area contributed by atoms with Gasteiger partial charge in [0, 0.05) is 61.1 Å². The first-order valence-corrected chi connectivity index (χ1v) is 13.1. The number of rotatable bonds is 4. The monoisotopic (exact) mass is 455 g/mol. The average molecular weight is 456 g/mol. The number of fused-ring (bicyclic) bond motifs is 1. The van der Waals surface area contributed by atoms with Crippen LogP contribution < -0.4 is 4.90 Å². The highest BCUT2D eigenvalue weighted by Crippen LogP contribution is 2.34. The van der Waals surface area contributed by atoms with E-state index in [0.29, 0.717) is 32.1 Å². The molecule has 9 heteroatoms. The van der Waals surface area contributed by atoms with E-state index in [0.717, 1.165) is 54.1 Å². The van der Waals surface area contributed by atoms with Crippen LogP contribution in [0.1, 0.15) is 42.6 Å². The SMILES string of the molecule is C[C@@H]1COCCN1c1cc(C2CCN(S(C)(=O)=O)CC2)nc(-c2ccnc3c2C=CC3)n1. The molecule has 2 saturated heterocycles. The number of aromatic nitrogens is 3. The maximum Gasteiger partial charge on any atom is 0.211 e. The van der Waals surface area contributed by atoms with Gasteiger partial charge in [-0.05, 0) is 25.8 Å². The Morgan fingerprint density at radius 2 is 1.97 bits per heavy atom. The number of ether oxygens (including phenoxy) is 1. The van der Waals surface area contributed by atoms with Gasteiger partial charge in [-0.3, -0.25) is 4.98 Å². The number of morpholine rings is 1. The molecule has 8 nitrogen and oxygen atoms in total. The molecule has 0 unspecified atom stereocenters. The molecule has 5 rings (SSSR count). The Hall–Kier alpha value is -2.36. The zero-order valence-electron chi connectivity index (χ0n) is 18.6. The summed E-state index contributed by atoms with van der Waals surface area (Å²) in [4.78, 5) is 16.8. The number of hydrogen-bond acceptors (Lipinski definition) is 7. The van der Waals surface area contributed by atoms with Gasteiger partial charge in [-0.15, -0.1) is 0 Å². The summed E-state index contributed by atoms with van der Waals surface area (Å²) in [6.45, 7) is 5.35. The number of sulfonamides is 1. The summed E-state index contributed by atoms with van der Waals surface area (Å²) in [6.07, 6.45) is 9.70. The molecule has 32 heavy (non-hydrogen) atoms. The van der Waals surface area contributed by atoms with Crippen LogP contribution in [0.25, 0.3) is 17.5 Å². The standard InChI is InChI=1S/C23H29N5O3S/c1-16-15-31-13-12-28(16)22-14-21(17-7-10-27(11-8-17)32(2,29)30)25-23(26-22)19-6-9-24-20-5-3-4-18(19)20/h3-4,6,9,14,16-17H,5,7-8,10-13,15H2,1-2H3/t16-/m1/s1. The van der Waals surface area contributed by atoms with Gasteiger partial charge in [0.2, 0.25) is 10.0 Å². The molecule has 0 bridgehead atoms. The van der Waals surface area contributed by atoms with Gasteiger partial charge < -0.3 is 9.64 Å². The molecule has 0 N–H and O–H groups in total. The second-order valence-electron chi connectivity index (χ2n) is 8.85. The maximum absolute atomic E-state index is 11.9. The average Bonchev–Trinajstić information content (AvgIpc) is 3.28. The second kappa shape index (κ2) is 8.53. The zero-order chi connectivity index (χ0) is 22.3. The van der Waals surface area contributed by atoms with Gasteiger partial charge in [0.1, 0.15) is 5.82 Å². The van der Waals surface area contributed by atoms with Crippen molar-refractivity contribution in [2.45, 2.75) is 38.1 Å². The van der Waals surface area contributed by atoms with Crippen molar-refractivity contribution >= 4 is 21.9 Å². The summed E-state index contributed by atoms with van der Waals surface area (Å²) < 4.78 is 31.1. The van der Waals surface area contributed by atoms with Crippen molar-refractivity contribution in [3.63, 3.8) is 0 Å². The first-order chi connectivity index (χ1) is 15.4. The Morgan fingerprint density at radius 1 is 1.16 bits per heavy atom. The van der Waals surface area contributed by atoms with Crippen LogP contribution in [0, 0.1) is 0 Å². The van der Waals surface area contributed by atoms with Crippen LogP contribution >= 0.6 is 0 Å². The predicted molar refractivity (Wildman–Crippen MR) is 124 cm³/mol. The third-order valence-electron chi connectivity index (χ3n) is 6.64. The Morgan fingerprint density at radius 3 is 2.72 bits per heavy atom. The Bertz CT molecular complexity index is 1140. The largest absolute Gasteiger partial charge is 0.377 e. The Labute approximate surface area is 189 Å². The fourth-order valence-corrected chi connectivity index (χ4v) is 5.70. The van der Waals surface area contributed by atoms with Crippen LogP contribution in [0.4, 0.5) is 5.82 Å². The van der Waals surface area contributed by atoms with Crippen molar-refractivity contribution in [1.82, 2.24) is 19.3 Å². The molecule has 3 aliphatic rings. The van der Waals surface area contributed by atoms with Gasteiger partial charge in [-0.25, -0.2) is 22.7 Å². The van der Waals surface area contributed by atoms with Gasteiger partial charge in [-0.1, -0.05) is 12.2 Å². The van der Waals surface area contributed by atoms with E-state index in [4.69, 9.17) is 14.7 Å². The summed E-state index contributed by atoms with van der Waals surface area (Å²) in [7, 11) is -3.16. The molecular formula is C23H29N5O3S. The van der Waals surface area contributed by atoms with Gasteiger partial charge in [0.05, 0.1) is 31.2 Å². The lowest BCUT2D eigenvalue weighted by Crippen LogP contribution is -2.44. The number of nitrogens with zero attached hydrogens (tertiary/aromatic N) is 5. The van der Waals surface area contributed by atoms with Crippen molar-refractivity contribution in [3.05, 3.63) is 41.4 Å². The lowest BCUT2D eigenvalue weighted by molar-refractivity contribution is 0.0985. The van der Waals surface area contributed by atoms with Crippen LogP contribution in [0.5, 0.6) is 0 Å². The Balaban J connectivity index is 1.54. The third-order valence-corrected chi connectivity index (χ3v) is 7.95. The van der Waals surface area contributed by atoms with E-state index in [-0.39, 0.29) is 12.0 Å². The Kier molecular flexibility index (Phi) is 5.73. The van der Waals surface area contributed by atoms with Crippen molar-refractivity contribution in [3.8, 4) is 11.4 Å². The molecule has 4 heterocycles. The molecule has 0 aromatic carbocycles. The number of pyridine rings is 1. The van der Waals surface area contributed by atoms with Crippen LogP contribution in [0.2, 0.25) is 0 Å². The summed E-state index contributed by atoms with van der Waals surface area (Å²) in [5.74, 6) is 1.83. The van der Waals surface area contributed by atoms with E-state index in [9.17, 15) is 8.42 Å². The molecule has 2 aromatic rings. The van der Waals surface area contributed by atoms with Crippen LogP contribution in [0.15, 0.2) is 24.4 Å². The first kappa shape index (κ1) is 21.5. The molecule has 0 amide bonds. The minimum absolute atomic E-state index is 0.204. The summed E-state index contributed by atoms with van der Waals surface area (Å²) in [5.41, 5.74) is 4.14. The lowest BCUT2D eigenvalue weighted by Gasteiger charge is -2.35. The number of piperidine rings is 1. The summed E-state index contributed by atoms with van der Waals surface area (Å²) in [5, 5.41) is 0. The zero-order valence-corrected chi connectivity index (χ0v) is 19.4. The first-order valence-electron chi connectivity index (χ1n) is 11.2. The molecule has 170 valence electrons. The molecule has 1 atom stereocenters.